The second-order valence-corrected chi connectivity index (χ2v) is 6.54. The number of benzene rings is 2. The van der Waals surface area contributed by atoms with Crippen LogP contribution in [0.4, 0.5) is 5.69 Å². The standard InChI is InChI=1S/C19H16BrNO4/c1-25-17(22)9-5-12-4-8-16-15(10-12)18(23)19(24)21(16)11-13-2-6-14(20)7-3-13/h2-10,18,23H,11H2,1H3/b9-5+. The topological polar surface area (TPSA) is 66.8 Å². The van der Waals surface area contributed by atoms with Gasteiger partial charge in [-0.1, -0.05) is 34.1 Å². The number of hydrogen-bond donors (Lipinski definition) is 1. The van der Waals surface area contributed by atoms with Gasteiger partial charge in [-0.15, -0.1) is 0 Å². The van der Waals surface area contributed by atoms with Gasteiger partial charge in [-0.25, -0.2) is 4.79 Å². The number of hydrogen-bond acceptors (Lipinski definition) is 4. The first-order chi connectivity index (χ1) is 12.0. The summed E-state index contributed by atoms with van der Waals surface area (Å²) < 4.78 is 5.52. The summed E-state index contributed by atoms with van der Waals surface area (Å²) >= 11 is 3.38. The van der Waals surface area contributed by atoms with Crippen LogP contribution in [0.25, 0.3) is 6.08 Å². The van der Waals surface area contributed by atoms with Crippen molar-refractivity contribution in [1.82, 2.24) is 0 Å². The molecule has 0 fully saturated rings. The van der Waals surface area contributed by atoms with E-state index in [1.807, 2.05) is 24.3 Å². The Hall–Kier alpha value is -2.44. The van der Waals surface area contributed by atoms with E-state index in [2.05, 4.69) is 20.7 Å². The lowest BCUT2D eigenvalue weighted by atomic mass is 10.1. The van der Waals surface area contributed by atoms with Crippen molar-refractivity contribution >= 4 is 39.6 Å². The molecule has 1 heterocycles. The molecule has 25 heavy (non-hydrogen) atoms. The van der Waals surface area contributed by atoms with Gasteiger partial charge in [0, 0.05) is 16.1 Å². The number of fused-ring (bicyclic) bond motifs is 1. The molecule has 6 heteroatoms. The van der Waals surface area contributed by atoms with Gasteiger partial charge in [-0.05, 0) is 41.5 Å². The fraction of sp³-hybridized carbons (Fsp3) is 0.158. The first kappa shape index (κ1) is 17.4. The maximum atomic E-state index is 12.4. The van der Waals surface area contributed by atoms with Crippen LogP contribution < -0.4 is 4.90 Å². The van der Waals surface area contributed by atoms with Crippen LogP contribution in [-0.4, -0.2) is 24.1 Å². The third-order valence-electron chi connectivity index (χ3n) is 4.00. The number of carbonyl (C=O) groups excluding carboxylic acids is 2. The van der Waals surface area contributed by atoms with E-state index < -0.39 is 12.1 Å². The molecule has 128 valence electrons. The molecule has 0 bridgehead atoms. The Kier molecular flexibility index (Phi) is 5.01. The molecule has 0 radical (unpaired) electrons. The fourth-order valence-electron chi connectivity index (χ4n) is 2.71. The zero-order valence-corrected chi connectivity index (χ0v) is 15.1. The normalized spacial score (nSPS) is 16.4. The number of amides is 1. The van der Waals surface area contributed by atoms with Crippen LogP contribution in [-0.2, 0) is 20.9 Å². The molecular formula is C19H16BrNO4. The summed E-state index contributed by atoms with van der Waals surface area (Å²) in [7, 11) is 1.30. The molecular weight excluding hydrogens is 386 g/mol. The summed E-state index contributed by atoms with van der Waals surface area (Å²) in [4.78, 5) is 25.2. The highest BCUT2D eigenvalue weighted by Gasteiger charge is 2.35. The van der Waals surface area contributed by atoms with Crippen molar-refractivity contribution in [3.8, 4) is 0 Å². The van der Waals surface area contributed by atoms with Gasteiger partial charge in [0.05, 0.1) is 19.3 Å². The van der Waals surface area contributed by atoms with Crippen LogP contribution >= 0.6 is 15.9 Å². The van der Waals surface area contributed by atoms with Crippen molar-refractivity contribution in [2.45, 2.75) is 12.6 Å². The molecule has 0 saturated heterocycles. The molecule has 1 amide bonds. The molecule has 0 aliphatic carbocycles. The van der Waals surface area contributed by atoms with E-state index >= 15 is 0 Å². The Morgan fingerprint density at radius 3 is 2.68 bits per heavy atom. The Morgan fingerprint density at radius 1 is 1.28 bits per heavy atom. The van der Waals surface area contributed by atoms with Crippen molar-refractivity contribution in [1.29, 1.82) is 0 Å². The van der Waals surface area contributed by atoms with Crippen molar-refractivity contribution in [2.75, 3.05) is 12.0 Å². The average molecular weight is 402 g/mol. The van der Waals surface area contributed by atoms with E-state index in [1.54, 1.807) is 29.2 Å². The van der Waals surface area contributed by atoms with Gasteiger partial charge < -0.3 is 14.7 Å². The number of nitrogens with zero attached hydrogens (tertiary/aromatic N) is 1. The lowest BCUT2D eigenvalue weighted by Crippen LogP contribution is -2.28. The van der Waals surface area contributed by atoms with Crippen LogP contribution in [0.15, 0.2) is 53.0 Å². The maximum absolute atomic E-state index is 12.4. The van der Waals surface area contributed by atoms with Gasteiger partial charge in [0.25, 0.3) is 5.91 Å². The molecule has 1 unspecified atom stereocenters. The van der Waals surface area contributed by atoms with E-state index in [-0.39, 0.29) is 5.91 Å². The lowest BCUT2D eigenvalue weighted by molar-refractivity contribution is -0.134. The van der Waals surface area contributed by atoms with E-state index in [0.29, 0.717) is 23.4 Å². The largest absolute Gasteiger partial charge is 0.466 e. The van der Waals surface area contributed by atoms with Gasteiger partial charge >= 0.3 is 5.97 Å². The van der Waals surface area contributed by atoms with Gasteiger partial charge in [-0.3, -0.25) is 4.79 Å². The van der Waals surface area contributed by atoms with Crippen LogP contribution in [0.1, 0.15) is 22.8 Å². The summed E-state index contributed by atoms with van der Waals surface area (Å²) in [6.07, 6.45) is 1.68. The number of rotatable bonds is 4. The van der Waals surface area contributed by atoms with Gasteiger partial charge in [0.1, 0.15) is 0 Å². The van der Waals surface area contributed by atoms with Crippen LogP contribution in [0.2, 0.25) is 0 Å². The summed E-state index contributed by atoms with van der Waals surface area (Å²) in [5.41, 5.74) is 2.89. The summed E-state index contributed by atoms with van der Waals surface area (Å²) in [5.74, 6) is -0.819. The second-order valence-electron chi connectivity index (χ2n) is 5.63. The quantitative estimate of drug-likeness (QED) is 0.630. The smallest absolute Gasteiger partial charge is 0.330 e. The number of carbonyl (C=O) groups is 2. The Morgan fingerprint density at radius 2 is 2.00 bits per heavy atom. The number of ether oxygens (including phenoxy) is 1. The zero-order valence-electron chi connectivity index (χ0n) is 13.5. The average Bonchev–Trinajstić information content (AvgIpc) is 2.86. The van der Waals surface area contributed by atoms with Gasteiger partial charge in [0.2, 0.25) is 0 Å². The molecule has 1 aliphatic heterocycles. The maximum Gasteiger partial charge on any atom is 0.330 e. The summed E-state index contributed by atoms with van der Waals surface area (Å²) in [6, 6.07) is 12.9. The molecule has 3 rings (SSSR count). The van der Waals surface area contributed by atoms with E-state index in [9.17, 15) is 14.7 Å². The number of methoxy groups -OCH3 is 1. The van der Waals surface area contributed by atoms with Gasteiger partial charge in [-0.2, -0.15) is 0 Å². The first-order valence-electron chi connectivity index (χ1n) is 7.63. The lowest BCUT2D eigenvalue weighted by Gasteiger charge is -2.17. The Labute approximate surface area is 153 Å². The predicted molar refractivity (Wildman–Crippen MR) is 97.8 cm³/mol. The predicted octanol–water partition coefficient (Wildman–Crippen LogP) is 3.22. The molecule has 0 spiro atoms. The molecule has 5 nitrogen and oxygen atoms in total. The highest BCUT2D eigenvalue weighted by molar-refractivity contribution is 9.10. The minimum absolute atomic E-state index is 0.355. The minimum atomic E-state index is -1.20. The third kappa shape index (κ3) is 3.65. The summed E-state index contributed by atoms with van der Waals surface area (Å²) in [6.45, 7) is 0.382. The van der Waals surface area contributed by atoms with Crippen LogP contribution in [0, 0.1) is 0 Å². The number of halogens is 1. The molecule has 1 N–H and O–H groups in total. The molecule has 1 aliphatic rings. The number of aliphatic hydroxyl groups is 1. The molecule has 0 aromatic heterocycles. The molecule has 1 atom stereocenters. The number of anilines is 1. The van der Waals surface area contributed by atoms with Crippen LogP contribution in [0.3, 0.4) is 0 Å². The zero-order chi connectivity index (χ0) is 18.0. The van der Waals surface area contributed by atoms with Crippen LogP contribution in [0.5, 0.6) is 0 Å². The summed E-state index contributed by atoms with van der Waals surface area (Å²) in [5, 5.41) is 10.3. The van der Waals surface area contributed by atoms with E-state index in [1.165, 1.54) is 13.2 Å². The van der Waals surface area contributed by atoms with Crippen molar-refractivity contribution in [3.63, 3.8) is 0 Å². The molecule has 2 aromatic carbocycles. The van der Waals surface area contributed by atoms with Gasteiger partial charge in [0.15, 0.2) is 6.10 Å². The first-order valence-corrected chi connectivity index (χ1v) is 8.43. The Balaban J connectivity index is 1.88. The van der Waals surface area contributed by atoms with Crippen molar-refractivity contribution in [2.24, 2.45) is 0 Å². The SMILES string of the molecule is COC(=O)/C=C/c1ccc2c(c1)C(O)C(=O)N2Cc1ccc(Br)cc1. The van der Waals surface area contributed by atoms with E-state index in [4.69, 9.17) is 0 Å². The third-order valence-corrected chi connectivity index (χ3v) is 4.53. The minimum Gasteiger partial charge on any atom is -0.466 e. The monoisotopic (exact) mass is 401 g/mol. The highest BCUT2D eigenvalue weighted by Crippen LogP contribution is 2.37. The fourth-order valence-corrected chi connectivity index (χ4v) is 2.97. The van der Waals surface area contributed by atoms with Crippen molar-refractivity contribution < 1.29 is 19.4 Å². The van der Waals surface area contributed by atoms with E-state index in [0.717, 1.165) is 10.0 Å². The molecule has 2 aromatic rings. The highest BCUT2D eigenvalue weighted by atomic mass is 79.9. The second kappa shape index (κ2) is 7.21. The Bertz CT molecular complexity index is 845. The molecule has 0 saturated carbocycles. The van der Waals surface area contributed by atoms with Crippen molar-refractivity contribution in [3.05, 3.63) is 69.7 Å². The number of aliphatic hydroxyl groups excluding tert-OH is 1. The number of esters is 1.